The topological polar surface area (TPSA) is 17.1 Å². The Morgan fingerprint density at radius 2 is 2.08 bits per heavy atom. The number of allylic oxidation sites excluding steroid dienone is 3. The smallest absolute Gasteiger partial charge is 0.145 e. The highest BCUT2D eigenvalue weighted by atomic mass is 16.1. The van der Waals surface area contributed by atoms with Crippen LogP contribution in [0.25, 0.3) is 0 Å². The third kappa shape index (κ3) is 4.12. The molecule has 0 amide bonds. The molecule has 1 heteroatoms. The second-order valence-corrected chi connectivity index (χ2v) is 3.25. The first-order valence-electron chi connectivity index (χ1n) is 4.39. The van der Waals surface area contributed by atoms with E-state index in [4.69, 9.17) is 0 Å². The number of carbonyl (C=O) groups excluding carboxylic acids is 1. The molecule has 1 nitrogen and oxygen atoms in total. The fourth-order valence-corrected chi connectivity index (χ4v) is 1.09. The predicted octanol–water partition coefficient (Wildman–Crippen LogP) is 3.12. The van der Waals surface area contributed by atoms with E-state index in [0.29, 0.717) is 5.92 Å². The average molecular weight is 166 g/mol. The molecule has 1 unspecified atom stereocenters. The minimum absolute atomic E-state index is 0.528. The normalized spacial score (nSPS) is 14.1. The summed E-state index contributed by atoms with van der Waals surface area (Å²) in [7, 11) is 0. The van der Waals surface area contributed by atoms with Crippen LogP contribution in [0.15, 0.2) is 23.8 Å². The molecule has 1 atom stereocenters. The molecule has 0 saturated carbocycles. The van der Waals surface area contributed by atoms with Crippen LogP contribution in [-0.4, -0.2) is 6.29 Å². The van der Waals surface area contributed by atoms with Crippen LogP contribution >= 0.6 is 0 Å². The molecule has 0 rings (SSSR count). The maximum absolute atomic E-state index is 10.3. The standard InChI is InChI=1S/C11H18O/c1-5-11(9(2)3)7-6-10(4)8-12/h6,8,11H,2,5,7H2,1,3-4H3/b10-6-. The van der Waals surface area contributed by atoms with E-state index in [0.717, 1.165) is 24.7 Å². The molecule has 0 spiro atoms. The summed E-state index contributed by atoms with van der Waals surface area (Å²) in [5.74, 6) is 0.528. The number of hydrogen-bond acceptors (Lipinski definition) is 1. The van der Waals surface area contributed by atoms with Crippen LogP contribution in [-0.2, 0) is 4.79 Å². The average Bonchev–Trinajstić information content (AvgIpc) is 2.04. The van der Waals surface area contributed by atoms with Crippen molar-refractivity contribution in [3.63, 3.8) is 0 Å². The molecule has 0 aliphatic heterocycles. The maximum Gasteiger partial charge on any atom is 0.145 e. The van der Waals surface area contributed by atoms with Gasteiger partial charge in [0.15, 0.2) is 0 Å². The monoisotopic (exact) mass is 166 g/mol. The zero-order chi connectivity index (χ0) is 9.56. The molecule has 0 bridgehead atoms. The van der Waals surface area contributed by atoms with E-state index in [1.54, 1.807) is 0 Å². The minimum atomic E-state index is 0.528. The molecular weight excluding hydrogens is 148 g/mol. The molecule has 68 valence electrons. The van der Waals surface area contributed by atoms with Gasteiger partial charge in [0.2, 0.25) is 0 Å². The molecule has 0 aliphatic rings. The molecule has 0 radical (unpaired) electrons. The summed E-state index contributed by atoms with van der Waals surface area (Å²) >= 11 is 0. The van der Waals surface area contributed by atoms with Crippen molar-refractivity contribution >= 4 is 6.29 Å². The van der Waals surface area contributed by atoms with E-state index in [9.17, 15) is 4.79 Å². The number of hydrogen-bond donors (Lipinski definition) is 0. The van der Waals surface area contributed by atoms with Crippen molar-refractivity contribution in [2.45, 2.75) is 33.6 Å². The third-order valence-corrected chi connectivity index (χ3v) is 2.10. The van der Waals surface area contributed by atoms with Gasteiger partial charge in [0.05, 0.1) is 0 Å². The van der Waals surface area contributed by atoms with Gasteiger partial charge in [0.1, 0.15) is 6.29 Å². The summed E-state index contributed by atoms with van der Waals surface area (Å²) < 4.78 is 0. The molecule has 0 N–H and O–H groups in total. The summed E-state index contributed by atoms with van der Waals surface area (Å²) in [6.07, 6.45) is 4.91. The van der Waals surface area contributed by atoms with E-state index < -0.39 is 0 Å². The Morgan fingerprint density at radius 3 is 2.42 bits per heavy atom. The van der Waals surface area contributed by atoms with E-state index in [1.165, 1.54) is 5.57 Å². The highest BCUT2D eigenvalue weighted by molar-refractivity contribution is 5.71. The van der Waals surface area contributed by atoms with Gasteiger partial charge in [-0.05, 0) is 38.2 Å². The minimum Gasteiger partial charge on any atom is -0.298 e. The van der Waals surface area contributed by atoms with Crippen molar-refractivity contribution in [2.75, 3.05) is 0 Å². The molecule has 0 aliphatic carbocycles. The highest BCUT2D eigenvalue weighted by Gasteiger charge is 2.03. The zero-order valence-electron chi connectivity index (χ0n) is 8.26. The SMILES string of the molecule is C=C(C)C(CC)C/C=C(/C)C=O. The lowest BCUT2D eigenvalue weighted by molar-refractivity contribution is -0.104. The second kappa shape index (κ2) is 5.76. The van der Waals surface area contributed by atoms with E-state index >= 15 is 0 Å². The maximum atomic E-state index is 10.3. The Bertz CT molecular complexity index is 189. The number of carbonyl (C=O) groups is 1. The lowest BCUT2D eigenvalue weighted by atomic mass is 9.94. The van der Waals surface area contributed by atoms with Crippen LogP contribution in [0.4, 0.5) is 0 Å². The van der Waals surface area contributed by atoms with E-state index in [1.807, 2.05) is 19.9 Å². The van der Waals surface area contributed by atoms with E-state index in [2.05, 4.69) is 13.5 Å². The quantitative estimate of drug-likeness (QED) is 0.348. The van der Waals surface area contributed by atoms with Crippen molar-refractivity contribution in [1.29, 1.82) is 0 Å². The van der Waals surface area contributed by atoms with Crippen LogP contribution in [0, 0.1) is 5.92 Å². The van der Waals surface area contributed by atoms with Gasteiger partial charge >= 0.3 is 0 Å². The summed E-state index contributed by atoms with van der Waals surface area (Å²) in [5, 5.41) is 0. The fourth-order valence-electron chi connectivity index (χ4n) is 1.09. The predicted molar refractivity (Wildman–Crippen MR) is 53.0 cm³/mol. The van der Waals surface area contributed by atoms with Crippen LogP contribution < -0.4 is 0 Å². The Morgan fingerprint density at radius 1 is 1.50 bits per heavy atom. The van der Waals surface area contributed by atoms with Gasteiger partial charge in [-0.15, -0.1) is 0 Å². The molecule has 12 heavy (non-hydrogen) atoms. The number of rotatable bonds is 5. The first-order valence-corrected chi connectivity index (χ1v) is 4.39. The van der Waals surface area contributed by atoms with Gasteiger partial charge in [-0.25, -0.2) is 0 Å². The lowest BCUT2D eigenvalue weighted by Crippen LogP contribution is -1.97. The third-order valence-electron chi connectivity index (χ3n) is 2.10. The van der Waals surface area contributed by atoms with E-state index in [-0.39, 0.29) is 0 Å². The summed E-state index contributed by atoms with van der Waals surface area (Å²) in [6.45, 7) is 9.93. The van der Waals surface area contributed by atoms with Gasteiger partial charge in [-0.3, -0.25) is 4.79 Å². The number of aldehydes is 1. The first-order chi connectivity index (χ1) is 5.61. The molecule has 0 aromatic heterocycles. The van der Waals surface area contributed by atoms with Crippen molar-refractivity contribution in [1.82, 2.24) is 0 Å². The Hall–Kier alpha value is -0.850. The molecule has 0 aromatic rings. The van der Waals surface area contributed by atoms with Crippen LogP contribution in [0.1, 0.15) is 33.6 Å². The van der Waals surface area contributed by atoms with Crippen LogP contribution in [0.5, 0.6) is 0 Å². The summed E-state index contributed by atoms with van der Waals surface area (Å²) in [5.41, 5.74) is 2.02. The van der Waals surface area contributed by atoms with Gasteiger partial charge < -0.3 is 0 Å². The van der Waals surface area contributed by atoms with Crippen molar-refractivity contribution in [3.8, 4) is 0 Å². The van der Waals surface area contributed by atoms with Gasteiger partial charge in [-0.2, -0.15) is 0 Å². The first kappa shape index (κ1) is 11.2. The Balaban J connectivity index is 4.04. The molecule has 0 heterocycles. The zero-order valence-corrected chi connectivity index (χ0v) is 8.26. The largest absolute Gasteiger partial charge is 0.298 e. The molecule has 0 saturated heterocycles. The lowest BCUT2D eigenvalue weighted by Gasteiger charge is -2.11. The van der Waals surface area contributed by atoms with Crippen LogP contribution in [0.3, 0.4) is 0 Å². The van der Waals surface area contributed by atoms with Gasteiger partial charge in [0, 0.05) is 0 Å². The Kier molecular flexibility index (Phi) is 5.35. The van der Waals surface area contributed by atoms with Crippen molar-refractivity contribution in [3.05, 3.63) is 23.8 Å². The Labute approximate surface area is 75.2 Å². The second-order valence-electron chi connectivity index (χ2n) is 3.25. The molecule has 0 fully saturated rings. The highest BCUT2D eigenvalue weighted by Crippen LogP contribution is 2.17. The van der Waals surface area contributed by atoms with Crippen molar-refractivity contribution < 1.29 is 4.79 Å². The summed E-state index contributed by atoms with van der Waals surface area (Å²) in [6, 6.07) is 0. The molecular formula is C11H18O. The van der Waals surface area contributed by atoms with Crippen molar-refractivity contribution in [2.24, 2.45) is 5.92 Å². The van der Waals surface area contributed by atoms with Crippen LogP contribution in [0.2, 0.25) is 0 Å². The fraction of sp³-hybridized carbons (Fsp3) is 0.545. The van der Waals surface area contributed by atoms with Gasteiger partial charge in [0.25, 0.3) is 0 Å². The summed E-state index contributed by atoms with van der Waals surface area (Å²) in [4.78, 5) is 10.3. The molecule has 0 aromatic carbocycles. The van der Waals surface area contributed by atoms with Gasteiger partial charge in [-0.1, -0.05) is 25.2 Å².